The number of amides is 1. The maximum absolute atomic E-state index is 12.4. The number of carbonyl (C=O) groups is 1. The molecule has 2 saturated heterocycles. The number of hydrogen-bond donors (Lipinski definition) is 0. The molecule has 1 atom stereocenters. The molecular formula is C14H22N4O3S2. The lowest BCUT2D eigenvalue weighted by Crippen LogP contribution is -2.51. The molecule has 0 radical (unpaired) electrons. The van der Waals surface area contributed by atoms with Gasteiger partial charge in [0.05, 0.1) is 18.1 Å². The number of aromatic nitrogens is 1. The summed E-state index contributed by atoms with van der Waals surface area (Å²) < 4.78 is 23.1. The number of nitrogens with zero attached hydrogens (tertiary/aromatic N) is 4. The van der Waals surface area contributed by atoms with E-state index in [4.69, 9.17) is 0 Å². The summed E-state index contributed by atoms with van der Waals surface area (Å²) >= 11 is 1.61. The highest BCUT2D eigenvalue weighted by Gasteiger charge is 2.32. The predicted octanol–water partition coefficient (Wildman–Crippen LogP) is -0.0894. The van der Waals surface area contributed by atoms with Crippen molar-refractivity contribution in [3.8, 4) is 0 Å². The van der Waals surface area contributed by atoms with Crippen LogP contribution in [0.1, 0.15) is 6.42 Å². The lowest BCUT2D eigenvalue weighted by atomic mass is 10.2. The maximum atomic E-state index is 12.4. The van der Waals surface area contributed by atoms with E-state index in [2.05, 4.69) is 9.88 Å². The number of piperazine rings is 1. The van der Waals surface area contributed by atoms with E-state index in [-0.39, 0.29) is 30.0 Å². The van der Waals surface area contributed by atoms with Crippen LogP contribution in [0.25, 0.3) is 0 Å². The third-order valence-electron chi connectivity index (χ3n) is 4.54. The Morgan fingerprint density at radius 3 is 2.70 bits per heavy atom. The minimum atomic E-state index is -2.91. The molecule has 0 aliphatic carbocycles. The van der Waals surface area contributed by atoms with Gasteiger partial charge >= 0.3 is 0 Å². The molecule has 1 aromatic rings. The molecule has 3 heterocycles. The van der Waals surface area contributed by atoms with Crippen molar-refractivity contribution in [1.29, 1.82) is 0 Å². The van der Waals surface area contributed by atoms with E-state index < -0.39 is 9.84 Å². The lowest BCUT2D eigenvalue weighted by molar-refractivity contribution is -0.132. The van der Waals surface area contributed by atoms with Crippen molar-refractivity contribution in [2.75, 3.05) is 56.2 Å². The van der Waals surface area contributed by atoms with Crippen LogP contribution in [0, 0.1) is 0 Å². The average molecular weight is 358 g/mol. The van der Waals surface area contributed by atoms with Gasteiger partial charge < -0.3 is 9.80 Å². The normalized spacial score (nSPS) is 24.3. The van der Waals surface area contributed by atoms with Crippen molar-refractivity contribution < 1.29 is 13.2 Å². The van der Waals surface area contributed by atoms with E-state index in [0.717, 1.165) is 18.2 Å². The van der Waals surface area contributed by atoms with Gasteiger partial charge in [0.2, 0.25) is 5.91 Å². The lowest BCUT2D eigenvalue weighted by Gasteiger charge is -2.35. The molecule has 2 aliphatic rings. The molecule has 23 heavy (non-hydrogen) atoms. The fourth-order valence-electron chi connectivity index (χ4n) is 3.08. The van der Waals surface area contributed by atoms with Gasteiger partial charge in [-0.2, -0.15) is 0 Å². The summed E-state index contributed by atoms with van der Waals surface area (Å²) in [5, 5.41) is 2.96. The summed E-state index contributed by atoms with van der Waals surface area (Å²) in [4.78, 5) is 22.7. The van der Waals surface area contributed by atoms with Crippen molar-refractivity contribution in [3.05, 3.63) is 11.6 Å². The first-order valence-corrected chi connectivity index (χ1v) is 10.5. The van der Waals surface area contributed by atoms with E-state index in [1.54, 1.807) is 17.5 Å². The molecule has 2 fully saturated rings. The molecule has 1 amide bonds. The second-order valence-corrected chi connectivity index (χ2v) is 9.26. The molecule has 1 unspecified atom stereocenters. The highest BCUT2D eigenvalue weighted by atomic mass is 32.2. The van der Waals surface area contributed by atoms with Gasteiger partial charge in [0, 0.05) is 43.8 Å². The number of carbonyl (C=O) groups excluding carboxylic acids is 1. The average Bonchev–Trinajstić information content (AvgIpc) is 3.16. The monoisotopic (exact) mass is 358 g/mol. The van der Waals surface area contributed by atoms with Crippen LogP contribution in [0.5, 0.6) is 0 Å². The Morgan fingerprint density at radius 2 is 2.13 bits per heavy atom. The van der Waals surface area contributed by atoms with Crippen LogP contribution in [-0.4, -0.2) is 86.4 Å². The smallest absolute Gasteiger partial charge is 0.236 e. The second kappa shape index (κ2) is 6.74. The van der Waals surface area contributed by atoms with E-state index in [1.165, 1.54) is 0 Å². The van der Waals surface area contributed by atoms with Gasteiger partial charge in [-0.15, -0.1) is 11.3 Å². The third-order valence-corrected chi connectivity index (χ3v) is 7.12. The van der Waals surface area contributed by atoms with Crippen molar-refractivity contribution in [1.82, 2.24) is 14.8 Å². The van der Waals surface area contributed by atoms with Crippen LogP contribution < -0.4 is 4.90 Å². The second-order valence-electron chi connectivity index (χ2n) is 6.15. The van der Waals surface area contributed by atoms with E-state index in [9.17, 15) is 13.2 Å². The standard InChI is InChI=1S/C14H22N4O3S2/c1-16(12-2-9-23(20,21)11-12)10-13(19)17-4-6-18(7-5-17)14-15-3-8-22-14/h3,8,12H,2,4-7,9-11H2,1H3. The largest absolute Gasteiger partial charge is 0.345 e. The molecule has 2 aliphatic heterocycles. The Bertz CT molecular complexity index is 639. The first kappa shape index (κ1) is 16.7. The van der Waals surface area contributed by atoms with Crippen molar-refractivity contribution in [2.45, 2.75) is 12.5 Å². The number of rotatable bonds is 4. The molecule has 0 saturated carbocycles. The quantitative estimate of drug-likeness (QED) is 0.749. The number of thiazole rings is 1. The minimum absolute atomic E-state index is 0.0273. The summed E-state index contributed by atoms with van der Waals surface area (Å²) in [6.07, 6.45) is 2.42. The van der Waals surface area contributed by atoms with Gasteiger partial charge in [0.15, 0.2) is 15.0 Å². The molecule has 3 rings (SSSR count). The minimum Gasteiger partial charge on any atom is -0.345 e. The molecule has 7 nitrogen and oxygen atoms in total. The molecule has 0 bridgehead atoms. The van der Waals surface area contributed by atoms with Crippen LogP contribution in [0.3, 0.4) is 0 Å². The molecule has 128 valence electrons. The van der Waals surface area contributed by atoms with E-state index in [1.807, 2.05) is 22.2 Å². The summed E-state index contributed by atoms with van der Waals surface area (Å²) in [6, 6.07) is -0.0273. The summed E-state index contributed by atoms with van der Waals surface area (Å²) in [6.45, 7) is 3.25. The fraction of sp³-hybridized carbons (Fsp3) is 0.714. The zero-order chi connectivity index (χ0) is 16.4. The fourth-order valence-corrected chi connectivity index (χ4v) is 5.59. The zero-order valence-corrected chi connectivity index (χ0v) is 14.9. The van der Waals surface area contributed by atoms with Crippen LogP contribution in [0.2, 0.25) is 0 Å². The van der Waals surface area contributed by atoms with Crippen LogP contribution in [-0.2, 0) is 14.6 Å². The molecule has 1 aromatic heterocycles. The zero-order valence-electron chi connectivity index (χ0n) is 13.2. The van der Waals surface area contributed by atoms with Gasteiger partial charge in [-0.1, -0.05) is 0 Å². The number of hydrogen-bond acceptors (Lipinski definition) is 7. The maximum Gasteiger partial charge on any atom is 0.236 e. The number of sulfone groups is 1. The molecule has 9 heteroatoms. The Morgan fingerprint density at radius 1 is 1.39 bits per heavy atom. The van der Waals surface area contributed by atoms with Gasteiger partial charge in [-0.25, -0.2) is 13.4 Å². The highest BCUT2D eigenvalue weighted by Crippen LogP contribution is 2.19. The predicted molar refractivity (Wildman–Crippen MR) is 90.6 cm³/mol. The summed E-state index contributed by atoms with van der Waals surface area (Å²) in [5.74, 6) is 0.493. The Kier molecular flexibility index (Phi) is 4.88. The highest BCUT2D eigenvalue weighted by molar-refractivity contribution is 7.91. The molecular weight excluding hydrogens is 336 g/mol. The first-order chi connectivity index (χ1) is 10.9. The van der Waals surface area contributed by atoms with Gasteiger partial charge in [0.25, 0.3) is 0 Å². The molecule has 0 aromatic carbocycles. The van der Waals surface area contributed by atoms with Crippen LogP contribution >= 0.6 is 11.3 Å². The van der Waals surface area contributed by atoms with Crippen LogP contribution in [0.15, 0.2) is 11.6 Å². The Labute approximate surface area is 140 Å². The Hall–Kier alpha value is -1.19. The van der Waals surface area contributed by atoms with Gasteiger partial charge in [0.1, 0.15) is 0 Å². The third kappa shape index (κ3) is 4.02. The molecule has 0 N–H and O–H groups in total. The van der Waals surface area contributed by atoms with Crippen molar-refractivity contribution in [2.24, 2.45) is 0 Å². The summed E-state index contributed by atoms with van der Waals surface area (Å²) in [7, 11) is -1.07. The molecule has 0 spiro atoms. The Balaban J connectivity index is 1.48. The van der Waals surface area contributed by atoms with E-state index in [0.29, 0.717) is 19.5 Å². The SMILES string of the molecule is CN(CC(=O)N1CCN(c2nccs2)CC1)C1CCS(=O)(=O)C1. The summed E-state index contributed by atoms with van der Waals surface area (Å²) in [5.41, 5.74) is 0. The van der Waals surface area contributed by atoms with Crippen LogP contribution in [0.4, 0.5) is 5.13 Å². The first-order valence-electron chi connectivity index (χ1n) is 7.77. The van der Waals surface area contributed by atoms with Crippen molar-refractivity contribution in [3.63, 3.8) is 0 Å². The number of anilines is 1. The van der Waals surface area contributed by atoms with Gasteiger partial charge in [-0.3, -0.25) is 9.69 Å². The van der Waals surface area contributed by atoms with E-state index >= 15 is 0 Å². The number of likely N-dealkylation sites (N-methyl/N-ethyl adjacent to an activating group) is 1. The van der Waals surface area contributed by atoms with Gasteiger partial charge in [-0.05, 0) is 13.5 Å². The topological polar surface area (TPSA) is 73.8 Å². The van der Waals surface area contributed by atoms with Crippen molar-refractivity contribution >= 4 is 32.2 Å².